The number of aliphatic hydroxyl groups is 2. The number of phosphoric ester groups is 1. The molecule has 0 saturated carbocycles. The fraction of sp³-hybridized carbons (Fsp3) is 0.886. The molecule has 272 valence electrons. The highest BCUT2D eigenvalue weighted by atomic mass is 31.2. The van der Waals surface area contributed by atoms with Gasteiger partial charge in [-0.1, -0.05) is 122 Å². The van der Waals surface area contributed by atoms with Crippen molar-refractivity contribution < 1.29 is 47.8 Å². The van der Waals surface area contributed by atoms with Crippen LogP contribution in [0.3, 0.4) is 0 Å². The first-order chi connectivity index (χ1) is 22.2. The average Bonchev–Trinajstić information content (AvgIpc) is 3.04. The second-order valence-corrected chi connectivity index (χ2v) is 13.7. The molecule has 0 aromatic rings. The molecular formula is C35H67O10P. The number of hydrogen-bond acceptors (Lipinski definition) is 9. The number of allylic oxidation sites excluding steroid dienone is 2. The number of carbonyl (C=O) groups excluding carboxylic acids is 2. The van der Waals surface area contributed by atoms with Crippen LogP contribution in [-0.2, 0) is 32.7 Å². The van der Waals surface area contributed by atoms with Crippen molar-refractivity contribution in [2.24, 2.45) is 0 Å². The minimum Gasteiger partial charge on any atom is -0.462 e. The summed E-state index contributed by atoms with van der Waals surface area (Å²) in [5.74, 6) is -0.937. The molecule has 1 unspecified atom stereocenters. The molecule has 3 N–H and O–H groups in total. The molecule has 0 aliphatic rings. The molecule has 0 amide bonds. The van der Waals surface area contributed by atoms with E-state index in [1.165, 1.54) is 64.2 Å². The summed E-state index contributed by atoms with van der Waals surface area (Å²) < 4.78 is 32.4. The van der Waals surface area contributed by atoms with Crippen LogP contribution >= 0.6 is 7.82 Å². The lowest BCUT2D eigenvalue weighted by atomic mass is 10.1. The molecular weight excluding hydrogens is 611 g/mol. The lowest BCUT2D eigenvalue weighted by Gasteiger charge is -2.20. The van der Waals surface area contributed by atoms with Gasteiger partial charge in [0.1, 0.15) is 12.7 Å². The van der Waals surface area contributed by atoms with Gasteiger partial charge in [-0.25, -0.2) is 4.57 Å². The zero-order valence-corrected chi connectivity index (χ0v) is 29.9. The molecule has 0 radical (unpaired) electrons. The van der Waals surface area contributed by atoms with Crippen LogP contribution in [-0.4, -0.2) is 65.7 Å². The van der Waals surface area contributed by atoms with E-state index in [1.807, 2.05) is 0 Å². The monoisotopic (exact) mass is 678 g/mol. The van der Waals surface area contributed by atoms with Gasteiger partial charge in [-0.3, -0.25) is 18.6 Å². The van der Waals surface area contributed by atoms with Gasteiger partial charge in [-0.2, -0.15) is 0 Å². The molecule has 0 bridgehead atoms. The Morgan fingerprint density at radius 1 is 0.630 bits per heavy atom. The average molecular weight is 679 g/mol. The lowest BCUT2D eigenvalue weighted by molar-refractivity contribution is -0.161. The fourth-order valence-corrected chi connectivity index (χ4v) is 5.60. The van der Waals surface area contributed by atoms with E-state index in [0.29, 0.717) is 12.8 Å². The van der Waals surface area contributed by atoms with E-state index in [4.69, 9.17) is 19.1 Å². The van der Waals surface area contributed by atoms with Crippen LogP contribution in [0.5, 0.6) is 0 Å². The maximum absolute atomic E-state index is 12.5. The largest absolute Gasteiger partial charge is 0.472 e. The maximum Gasteiger partial charge on any atom is 0.472 e. The molecule has 0 heterocycles. The van der Waals surface area contributed by atoms with Crippen molar-refractivity contribution in [1.29, 1.82) is 0 Å². The lowest BCUT2D eigenvalue weighted by Crippen LogP contribution is -2.29. The quantitative estimate of drug-likeness (QED) is 0.0262. The van der Waals surface area contributed by atoms with Gasteiger partial charge in [-0.15, -0.1) is 0 Å². The van der Waals surface area contributed by atoms with Crippen molar-refractivity contribution in [2.45, 2.75) is 174 Å². The minimum absolute atomic E-state index is 0.177. The second kappa shape index (κ2) is 32.3. The van der Waals surface area contributed by atoms with E-state index >= 15 is 0 Å². The van der Waals surface area contributed by atoms with E-state index in [1.54, 1.807) is 0 Å². The molecule has 0 aliphatic heterocycles. The number of rotatable bonds is 34. The van der Waals surface area contributed by atoms with Crippen molar-refractivity contribution >= 4 is 19.8 Å². The summed E-state index contributed by atoms with van der Waals surface area (Å²) in [6.07, 6.45) is 26.2. The van der Waals surface area contributed by atoms with Crippen LogP contribution in [0, 0.1) is 0 Å². The van der Waals surface area contributed by atoms with Crippen LogP contribution < -0.4 is 0 Å². The Balaban J connectivity index is 4.37. The Labute approximate surface area is 279 Å². The number of ether oxygens (including phenoxy) is 2. The van der Waals surface area contributed by atoms with Crippen LogP contribution in [0.2, 0.25) is 0 Å². The smallest absolute Gasteiger partial charge is 0.462 e. The maximum atomic E-state index is 12.5. The molecule has 0 aromatic carbocycles. The predicted octanol–water partition coefficient (Wildman–Crippen LogP) is 8.50. The van der Waals surface area contributed by atoms with Crippen molar-refractivity contribution in [2.75, 3.05) is 26.4 Å². The highest BCUT2D eigenvalue weighted by molar-refractivity contribution is 7.47. The normalized spacial score (nSPS) is 14.3. The van der Waals surface area contributed by atoms with E-state index in [0.717, 1.165) is 57.8 Å². The molecule has 0 rings (SSSR count). The molecule has 0 spiro atoms. The topological polar surface area (TPSA) is 149 Å². The Hall–Kier alpha value is -1.29. The first-order valence-corrected chi connectivity index (χ1v) is 19.6. The molecule has 0 aliphatic carbocycles. The van der Waals surface area contributed by atoms with Gasteiger partial charge in [0.15, 0.2) is 6.10 Å². The molecule has 10 nitrogen and oxygen atoms in total. The van der Waals surface area contributed by atoms with E-state index < -0.39 is 51.8 Å². The second-order valence-electron chi connectivity index (χ2n) is 12.3. The van der Waals surface area contributed by atoms with Gasteiger partial charge in [0.25, 0.3) is 0 Å². The summed E-state index contributed by atoms with van der Waals surface area (Å²) in [4.78, 5) is 34.6. The first-order valence-electron chi connectivity index (χ1n) is 18.1. The molecule has 0 aromatic heterocycles. The van der Waals surface area contributed by atoms with Gasteiger partial charge in [0.2, 0.25) is 0 Å². The third kappa shape index (κ3) is 31.3. The molecule has 0 saturated heterocycles. The van der Waals surface area contributed by atoms with Crippen LogP contribution in [0.25, 0.3) is 0 Å². The minimum atomic E-state index is -4.60. The fourth-order valence-electron chi connectivity index (χ4n) is 4.81. The summed E-state index contributed by atoms with van der Waals surface area (Å²) in [5, 5.41) is 18.2. The summed E-state index contributed by atoms with van der Waals surface area (Å²) in [6.45, 7) is 2.31. The number of carbonyl (C=O) groups is 2. The summed E-state index contributed by atoms with van der Waals surface area (Å²) >= 11 is 0. The molecule has 3 atom stereocenters. The Kier molecular flexibility index (Phi) is 31.4. The van der Waals surface area contributed by atoms with E-state index in [2.05, 4.69) is 30.5 Å². The highest BCUT2D eigenvalue weighted by Gasteiger charge is 2.27. The standard InChI is InChI=1S/C35H67O10P/c1-3-5-7-9-11-13-14-15-16-17-18-19-21-23-25-27-35(39)45-33(31-44-46(40,41)43-29-32(37)28-36)30-42-34(38)26-24-22-20-12-10-8-6-4-2/h15-16,32-33,36-37H,3-14,17-31H2,1-2H3,(H,40,41)/b16-15+/t32-,33+/m0/s1. The highest BCUT2D eigenvalue weighted by Crippen LogP contribution is 2.43. The van der Waals surface area contributed by atoms with Gasteiger partial charge >= 0.3 is 19.8 Å². The van der Waals surface area contributed by atoms with Crippen LogP contribution in [0.1, 0.15) is 162 Å². The third-order valence-electron chi connectivity index (χ3n) is 7.67. The molecule has 46 heavy (non-hydrogen) atoms. The van der Waals surface area contributed by atoms with Crippen molar-refractivity contribution in [3.8, 4) is 0 Å². The van der Waals surface area contributed by atoms with Crippen LogP contribution in [0.15, 0.2) is 12.2 Å². The summed E-state index contributed by atoms with van der Waals surface area (Å²) in [6, 6.07) is 0. The SMILES string of the molecule is CCCCCCCC/C=C/CCCCCCCC(=O)O[C@H](COC(=O)CCCCCCCCCC)COP(=O)(O)OC[C@@H](O)CO. The number of esters is 2. The van der Waals surface area contributed by atoms with Gasteiger partial charge < -0.3 is 24.6 Å². The van der Waals surface area contributed by atoms with Gasteiger partial charge in [-0.05, 0) is 38.5 Å². The van der Waals surface area contributed by atoms with Crippen molar-refractivity contribution in [3.05, 3.63) is 12.2 Å². The first kappa shape index (κ1) is 44.7. The number of unbranched alkanes of at least 4 members (excludes halogenated alkanes) is 18. The summed E-state index contributed by atoms with van der Waals surface area (Å²) in [7, 11) is -4.60. The Morgan fingerprint density at radius 2 is 1.07 bits per heavy atom. The molecule has 11 heteroatoms. The zero-order valence-electron chi connectivity index (χ0n) is 29.0. The third-order valence-corrected chi connectivity index (χ3v) is 8.62. The van der Waals surface area contributed by atoms with E-state index in [9.17, 15) is 24.2 Å². The summed E-state index contributed by atoms with van der Waals surface area (Å²) in [5.41, 5.74) is 0. The molecule has 0 fully saturated rings. The zero-order chi connectivity index (χ0) is 34.1. The Morgan fingerprint density at radius 3 is 1.57 bits per heavy atom. The number of phosphoric acid groups is 1. The van der Waals surface area contributed by atoms with Crippen molar-refractivity contribution in [1.82, 2.24) is 0 Å². The van der Waals surface area contributed by atoms with Gasteiger partial charge in [0.05, 0.1) is 19.8 Å². The number of aliphatic hydroxyl groups excluding tert-OH is 2. The Bertz CT molecular complexity index is 791. The van der Waals surface area contributed by atoms with Crippen LogP contribution in [0.4, 0.5) is 0 Å². The number of hydrogen-bond donors (Lipinski definition) is 3. The predicted molar refractivity (Wildman–Crippen MR) is 182 cm³/mol. The van der Waals surface area contributed by atoms with Crippen molar-refractivity contribution in [3.63, 3.8) is 0 Å². The van der Waals surface area contributed by atoms with Gasteiger partial charge in [0, 0.05) is 12.8 Å². The van der Waals surface area contributed by atoms with E-state index in [-0.39, 0.29) is 19.4 Å².